The van der Waals surface area contributed by atoms with Crippen molar-refractivity contribution < 1.29 is 9.90 Å². The summed E-state index contributed by atoms with van der Waals surface area (Å²) in [4.78, 5) is 15.0. The summed E-state index contributed by atoms with van der Waals surface area (Å²) in [7, 11) is 6.96. The van der Waals surface area contributed by atoms with E-state index in [0.29, 0.717) is 11.3 Å². The lowest BCUT2D eigenvalue weighted by Gasteiger charge is -2.20. The molecule has 0 fully saturated rings. The van der Waals surface area contributed by atoms with Gasteiger partial charge in [-0.3, -0.25) is 4.79 Å². The molecule has 0 aromatic heterocycles. The molecule has 0 atom stereocenters. The van der Waals surface area contributed by atoms with E-state index in [2.05, 4.69) is 0 Å². The number of amides is 1. The van der Waals surface area contributed by atoms with E-state index in [9.17, 15) is 9.90 Å². The third kappa shape index (κ3) is 2.21. The van der Waals surface area contributed by atoms with Gasteiger partial charge in [0.05, 0.1) is 11.3 Å². The number of phenolic OH excluding ortho intramolecular Hbond substituents is 1. The molecule has 0 saturated carbocycles. The van der Waals surface area contributed by atoms with Crippen LogP contribution in [0.5, 0.6) is 5.75 Å². The standard InChI is InChI=1S/C11H16N2O2/c1-12(2)10-8(11(15)13(3)4)6-5-7-9(10)14/h5-7,14H,1-4H3. The highest BCUT2D eigenvalue weighted by atomic mass is 16.3. The fourth-order valence-electron chi connectivity index (χ4n) is 1.41. The van der Waals surface area contributed by atoms with Crippen LogP contribution >= 0.6 is 0 Å². The number of carbonyl (C=O) groups is 1. The molecular weight excluding hydrogens is 192 g/mol. The van der Waals surface area contributed by atoms with Gasteiger partial charge < -0.3 is 14.9 Å². The highest BCUT2D eigenvalue weighted by Crippen LogP contribution is 2.30. The summed E-state index contributed by atoms with van der Waals surface area (Å²) >= 11 is 0. The average Bonchev–Trinajstić information content (AvgIpc) is 2.15. The molecule has 0 spiro atoms. The molecule has 4 heteroatoms. The van der Waals surface area contributed by atoms with Crippen molar-refractivity contribution in [3.63, 3.8) is 0 Å². The zero-order chi connectivity index (χ0) is 11.6. The van der Waals surface area contributed by atoms with Crippen LogP contribution in [0.2, 0.25) is 0 Å². The maximum absolute atomic E-state index is 11.8. The SMILES string of the molecule is CN(C)C(=O)c1cccc(O)c1N(C)C. The zero-order valence-corrected chi connectivity index (χ0v) is 9.48. The number of nitrogens with zero attached hydrogens (tertiary/aromatic N) is 2. The van der Waals surface area contributed by atoms with E-state index in [1.165, 1.54) is 4.90 Å². The first-order valence-electron chi connectivity index (χ1n) is 4.66. The van der Waals surface area contributed by atoms with Gasteiger partial charge in [0.15, 0.2) is 0 Å². The number of benzene rings is 1. The first-order chi connectivity index (χ1) is 6.95. The molecule has 82 valence electrons. The van der Waals surface area contributed by atoms with Gasteiger partial charge in [0.1, 0.15) is 5.75 Å². The van der Waals surface area contributed by atoms with Crippen molar-refractivity contribution in [1.29, 1.82) is 0 Å². The first kappa shape index (κ1) is 11.4. The summed E-state index contributed by atoms with van der Waals surface area (Å²) in [6.45, 7) is 0. The molecular formula is C11H16N2O2. The molecule has 1 N–H and O–H groups in total. The lowest BCUT2D eigenvalue weighted by Crippen LogP contribution is -2.24. The van der Waals surface area contributed by atoms with Gasteiger partial charge in [-0.25, -0.2) is 0 Å². The predicted octanol–water partition coefficient (Wildman–Crippen LogP) is 1.16. The molecule has 0 heterocycles. The summed E-state index contributed by atoms with van der Waals surface area (Å²) in [5, 5.41) is 9.68. The molecule has 1 amide bonds. The normalized spacial score (nSPS) is 9.87. The predicted molar refractivity (Wildman–Crippen MR) is 60.5 cm³/mol. The van der Waals surface area contributed by atoms with Gasteiger partial charge in [-0.15, -0.1) is 0 Å². The number of carbonyl (C=O) groups excluding carboxylic acids is 1. The summed E-state index contributed by atoms with van der Waals surface area (Å²) in [6, 6.07) is 4.94. The minimum atomic E-state index is -0.116. The molecule has 0 aliphatic rings. The van der Waals surface area contributed by atoms with Gasteiger partial charge in [-0.05, 0) is 12.1 Å². The van der Waals surface area contributed by atoms with Crippen molar-refractivity contribution in [1.82, 2.24) is 4.90 Å². The smallest absolute Gasteiger partial charge is 0.255 e. The first-order valence-corrected chi connectivity index (χ1v) is 4.66. The number of phenols is 1. The van der Waals surface area contributed by atoms with Crippen LogP contribution in [0.4, 0.5) is 5.69 Å². The van der Waals surface area contributed by atoms with Crippen LogP contribution in [-0.4, -0.2) is 44.1 Å². The van der Waals surface area contributed by atoms with E-state index in [1.807, 2.05) is 0 Å². The van der Waals surface area contributed by atoms with E-state index in [-0.39, 0.29) is 11.7 Å². The van der Waals surface area contributed by atoms with Gasteiger partial charge in [0, 0.05) is 28.2 Å². The fourth-order valence-corrected chi connectivity index (χ4v) is 1.41. The highest BCUT2D eigenvalue weighted by Gasteiger charge is 2.17. The third-order valence-electron chi connectivity index (χ3n) is 2.10. The molecule has 0 bridgehead atoms. The summed E-state index contributed by atoms with van der Waals surface area (Å²) in [6.07, 6.45) is 0. The van der Waals surface area contributed by atoms with Gasteiger partial charge in [-0.2, -0.15) is 0 Å². The van der Waals surface area contributed by atoms with Crippen LogP contribution in [0.15, 0.2) is 18.2 Å². The molecule has 0 radical (unpaired) electrons. The molecule has 0 saturated heterocycles. The number of hydrogen-bond donors (Lipinski definition) is 1. The van der Waals surface area contributed by atoms with Crippen LogP contribution in [0.25, 0.3) is 0 Å². The average molecular weight is 208 g/mol. The molecule has 1 aromatic rings. The van der Waals surface area contributed by atoms with Crippen molar-refractivity contribution >= 4 is 11.6 Å². The van der Waals surface area contributed by atoms with Gasteiger partial charge in [-0.1, -0.05) is 6.07 Å². The Labute approximate surface area is 89.7 Å². The Bertz CT molecular complexity index is 373. The quantitative estimate of drug-likeness (QED) is 0.793. The second kappa shape index (κ2) is 4.21. The monoisotopic (exact) mass is 208 g/mol. The summed E-state index contributed by atoms with van der Waals surface area (Å²) in [5.74, 6) is 0.00213. The zero-order valence-electron chi connectivity index (χ0n) is 9.48. The van der Waals surface area contributed by atoms with Crippen LogP contribution in [0.3, 0.4) is 0 Å². The Morgan fingerprint density at radius 3 is 2.27 bits per heavy atom. The number of para-hydroxylation sites is 1. The minimum absolute atomic E-state index is 0.116. The Balaban J connectivity index is 3.29. The molecule has 1 rings (SSSR count). The van der Waals surface area contributed by atoms with E-state index < -0.39 is 0 Å². The molecule has 1 aromatic carbocycles. The number of anilines is 1. The second-order valence-electron chi connectivity index (χ2n) is 3.77. The Morgan fingerprint density at radius 1 is 1.20 bits per heavy atom. The molecule has 0 aliphatic carbocycles. The van der Waals surface area contributed by atoms with Crippen molar-refractivity contribution in [2.24, 2.45) is 0 Å². The Hall–Kier alpha value is -1.71. The molecule has 0 unspecified atom stereocenters. The third-order valence-corrected chi connectivity index (χ3v) is 2.10. The number of aromatic hydroxyl groups is 1. The van der Waals surface area contributed by atoms with Gasteiger partial charge >= 0.3 is 0 Å². The maximum Gasteiger partial charge on any atom is 0.255 e. The second-order valence-corrected chi connectivity index (χ2v) is 3.77. The van der Waals surface area contributed by atoms with Gasteiger partial charge in [0.25, 0.3) is 5.91 Å². The molecule has 0 aliphatic heterocycles. The number of hydrogen-bond acceptors (Lipinski definition) is 3. The van der Waals surface area contributed by atoms with Crippen molar-refractivity contribution in [2.75, 3.05) is 33.1 Å². The largest absolute Gasteiger partial charge is 0.506 e. The lowest BCUT2D eigenvalue weighted by molar-refractivity contribution is 0.0828. The fraction of sp³-hybridized carbons (Fsp3) is 0.364. The summed E-state index contributed by atoms with van der Waals surface area (Å²) in [5.41, 5.74) is 1.06. The van der Waals surface area contributed by atoms with E-state index in [0.717, 1.165) is 0 Å². The Kier molecular flexibility index (Phi) is 3.19. The Morgan fingerprint density at radius 2 is 1.80 bits per heavy atom. The number of rotatable bonds is 2. The highest BCUT2D eigenvalue weighted by molar-refractivity contribution is 6.00. The topological polar surface area (TPSA) is 43.8 Å². The van der Waals surface area contributed by atoms with Crippen LogP contribution in [-0.2, 0) is 0 Å². The van der Waals surface area contributed by atoms with E-state index >= 15 is 0 Å². The van der Waals surface area contributed by atoms with Crippen molar-refractivity contribution in [3.8, 4) is 5.75 Å². The maximum atomic E-state index is 11.8. The molecule has 15 heavy (non-hydrogen) atoms. The van der Waals surface area contributed by atoms with Crippen LogP contribution < -0.4 is 4.90 Å². The lowest BCUT2D eigenvalue weighted by atomic mass is 10.1. The summed E-state index contributed by atoms with van der Waals surface area (Å²) < 4.78 is 0. The van der Waals surface area contributed by atoms with Crippen LogP contribution in [0.1, 0.15) is 10.4 Å². The van der Waals surface area contributed by atoms with E-state index in [4.69, 9.17) is 0 Å². The van der Waals surface area contributed by atoms with Crippen molar-refractivity contribution in [3.05, 3.63) is 23.8 Å². The van der Waals surface area contributed by atoms with Crippen LogP contribution in [0, 0.1) is 0 Å². The van der Waals surface area contributed by atoms with E-state index in [1.54, 1.807) is 51.3 Å². The molecule has 4 nitrogen and oxygen atoms in total. The van der Waals surface area contributed by atoms with Gasteiger partial charge in [0.2, 0.25) is 0 Å². The minimum Gasteiger partial charge on any atom is -0.506 e. The van der Waals surface area contributed by atoms with Crippen molar-refractivity contribution in [2.45, 2.75) is 0 Å².